The van der Waals surface area contributed by atoms with Crippen molar-refractivity contribution in [2.75, 3.05) is 37.8 Å². The Morgan fingerprint density at radius 1 is 0.865 bits per heavy atom. The van der Waals surface area contributed by atoms with Crippen LogP contribution in [0.5, 0.6) is 0 Å². The number of fused-ring (bicyclic) bond motifs is 1. The lowest BCUT2D eigenvalue weighted by Crippen LogP contribution is -2.46. The molecule has 6 N–H and O–H groups in total. The number of thioether (sulfide) groups is 1. The van der Waals surface area contributed by atoms with Crippen LogP contribution in [0.1, 0.15) is 104 Å². The Labute approximate surface area is 434 Å². The number of nitrogens with two attached hydrogens (primary N) is 1. The summed E-state index contributed by atoms with van der Waals surface area (Å²) in [5.74, 6) is -1.65. The van der Waals surface area contributed by atoms with Crippen LogP contribution in [0.25, 0.3) is 11.2 Å². The van der Waals surface area contributed by atoms with Crippen LogP contribution >= 0.6 is 35.2 Å². The average Bonchev–Trinajstić information content (AvgIpc) is 3.89. The van der Waals surface area contributed by atoms with E-state index in [1.165, 1.54) is 33.1 Å². The number of nitrogen functional groups attached to an aromatic ring is 1. The SMILES string of the molecule is CCCCC/C=C\C/C=C\C/C=C\C/C=C\C/C=C\CCC(=O)CC(=O)SCCNC(=O)CCNC(=O)[C@H](O)C(C)(C)COP(=O)([O-])OP(=O)([O-])OC[C@H]1O[C@@H](n2cnc3c(N)ncnc32)[C@H](O)[C@@H]1OP(=O)([O-])[O-]. The molecule has 29 heteroatoms. The minimum Gasteiger partial charge on any atom is -0.790 e. The van der Waals surface area contributed by atoms with Crippen LogP contribution in [-0.4, -0.2) is 109 Å². The van der Waals surface area contributed by atoms with Crippen LogP contribution in [0.2, 0.25) is 0 Å². The second-order valence-electron chi connectivity index (χ2n) is 17.3. The number of hydrogen-bond donors (Lipinski definition) is 5. The lowest BCUT2D eigenvalue weighted by molar-refractivity contribution is -0.347. The molecule has 2 amide bonds. The molecule has 2 aromatic heterocycles. The normalized spacial score (nSPS) is 19.8. The van der Waals surface area contributed by atoms with E-state index in [1.807, 2.05) is 12.2 Å². The fraction of sp³-hybridized carbons (Fsp3) is 0.578. The van der Waals surface area contributed by atoms with Gasteiger partial charge in [0.2, 0.25) is 11.8 Å². The number of phosphoric acid groups is 3. The summed E-state index contributed by atoms with van der Waals surface area (Å²) in [7, 11) is -17.7. The third kappa shape index (κ3) is 24.7. The van der Waals surface area contributed by atoms with Gasteiger partial charge >= 0.3 is 0 Å². The molecule has 0 radical (unpaired) electrons. The third-order valence-electron chi connectivity index (χ3n) is 10.6. The van der Waals surface area contributed by atoms with Gasteiger partial charge in [-0.3, -0.25) is 32.9 Å². The number of hydrogen-bond acceptors (Lipinski definition) is 23. The first kappa shape index (κ1) is 64.2. The number of allylic oxidation sites excluding steroid dienone is 10. The fourth-order valence-electron chi connectivity index (χ4n) is 6.65. The summed E-state index contributed by atoms with van der Waals surface area (Å²) in [4.78, 5) is 109. The van der Waals surface area contributed by atoms with Gasteiger partial charge in [0.1, 0.15) is 42.0 Å². The highest BCUT2D eigenvalue weighted by atomic mass is 32.2. The molecule has 0 bridgehead atoms. The number of nitrogens with zero attached hydrogens (tertiary/aromatic N) is 4. The van der Waals surface area contributed by atoms with Crippen molar-refractivity contribution in [3.63, 3.8) is 0 Å². The molecular formula is C45H66N7O18P3S-4. The number of anilines is 1. The predicted octanol–water partition coefficient (Wildman–Crippen LogP) is 2.80. The van der Waals surface area contributed by atoms with E-state index in [0.29, 0.717) is 6.42 Å². The smallest absolute Gasteiger partial charge is 0.274 e. The molecule has 3 rings (SSSR count). The summed E-state index contributed by atoms with van der Waals surface area (Å²) in [5.41, 5.74) is 4.04. The van der Waals surface area contributed by atoms with Crippen molar-refractivity contribution in [3.05, 3.63) is 73.4 Å². The predicted molar refractivity (Wildman–Crippen MR) is 265 cm³/mol. The number of rotatable bonds is 36. The molecule has 1 saturated heterocycles. The number of carbonyl (C=O) groups is 4. The summed E-state index contributed by atoms with van der Waals surface area (Å²) in [6, 6.07) is 0. The summed E-state index contributed by atoms with van der Waals surface area (Å²) in [6.07, 6.45) is 22.2. The van der Waals surface area contributed by atoms with Gasteiger partial charge < -0.3 is 69.0 Å². The van der Waals surface area contributed by atoms with Crippen LogP contribution in [0, 0.1) is 5.41 Å². The van der Waals surface area contributed by atoms with Crippen molar-refractivity contribution >= 4 is 74.9 Å². The number of ketones is 1. The van der Waals surface area contributed by atoms with E-state index in [-0.39, 0.29) is 66.0 Å². The van der Waals surface area contributed by atoms with E-state index in [1.54, 1.807) is 0 Å². The third-order valence-corrected chi connectivity index (χ3v) is 14.5. The average molecular weight is 1120 g/mol. The number of aromatic nitrogens is 4. The van der Waals surface area contributed by atoms with Gasteiger partial charge in [-0.2, -0.15) is 0 Å². The van der Waals surface area contributed by atoms with Crippen LogP contribution in [0.3, 0.4) is 0 Å². The van der Waals surface area contributed by atoms with E-state index in [9.17, 15) is 62.7 Å². The summed E-state index contributed by atoms with van der Waals surface area (Å²) in [5, 5.41) is 26.0. The number of Topliss-reactive ketones (excluding diaryl/α,β-unsaturated/α-hetero) is 1. The first-order valence-electron chi connectivity index (χ1n) is 23.7. The first-order valence-corrected chi connectivity index (χ1v) is 29.1. The highest BCUT2D eigenvalue weighted by molar-refractivity contribution is 8.13. The van der Waals surface area contributed by atoms with Gasteiger partial charge in [-0.25, -0.2) is 19.3 Å². The Hall–Kier alpha value is -4.07. The van der Waals surface area contributed by atoms with E-state index in [0.717, 1.165) is 61.1 Å². The second-order valence-corrected chi connectivity index (χ2v) is 22.5. The van der Waals surface area contributed by atoms with Crippen molar-refractivity contribution in [1.82, 2.24) is 30.2 Å². The maximum absolute atomic E-state index is 12.7. The molecule has 0 spiro atoms. The van der Waals surface area contributed by atoms with E-state index >= 15 is 0 Å². The molecule has 74 heavy (non-hydrogen) atoms. The Kier molecular flexibility index (Phi) is 28.2. The molecule has 2 aromatic rings. The molecule has 3 heterocycles. The molecule has 0 aromatic carbocycles. The van der Waals surface area contributed by atoms with Gasteiger partial charge in [0, 0.05) is 37.1 Å². The highest BCUT2D eigenvalue weighted by Gasteiger charge is 2.47. The molecule has 1 fully saturated rings. The number of phosphoric ester groups is 3. The topological polar surface area (TPSA) is 392 Å². The molecule has 1 aliphatic heterocycles. The minimum atomic E-state index is -5.94. The number of unbranched alkanes of at least 4 members (excludes halogenated alkanes) is 3. The van der Waals surface area contributed by atoms with Crippen molar-refractivity contribution in [2.24, 2.45) is 5.41 Å². The minimum absolute atomic E-state index is 0.0290. The van der Waals surface area contributed by atoms with Crippen molar-refractivity contribution in [3.8, 4) is 0 Å². The maximum Gasteiger partial charge on any atom is 0.274 e. The monoisotopic (exact) mass is 1120 g/mol. The van der Waals surface area contributed by atoms with E-state index < -0.39 is 84.6 Å². The van der Waals surface area contributed by atoms with Crippen LogP contribution in [-0.2, 0) is 55.5 Å². The molecular weight excluding hydrogens is 1050 g/mol. The van der Waals surface area contributed by atoms with Gasteiger partial charge in [0.25, 0.3) is 15.6 Å². The zero-order chi connectivity index (χ0) is 54.8. The number of nitrogens with one attached hydrogen (secondary N) is 2. The van der Waals surface area contributed by atoms with Gasteiger partial charge in [-0.1, -0.05) is 106 Å². The lowest BCUT2D eigenvalue weighted by atomic mass is 9.87. The Balaban J connectivity index is 1.28. The summed E-state index contributed by atoms with van der Waals surface area (Å²) < 4.78 is 60.8. The number of imidazole rings is 1. The van der Waals surface area contributed by atoms with Crippen molar-refractivity contribution in [1.29, 1.82) is 0 Å². The summed E-state index contributed by atoms with van der Waals surface area (Å²) in [6.45, 7) is 2.08. The zero-order valence-corrected chi connectivity index (χ0v) is 44.9. The fourth-order valence-corrected chi connectivity index (χ4v) is 10.1. The molecule has 2 unspecified atom stereocenters. The first-order chi connectivity index (χ1) is 34.9. The Morgan fingerprint density at radius 3 is 2.09 bits per heavy atom. The molecule has 0 saturated carbocycles. The number of amides is 2. The second kappa shape index (κ2) is 32.5. The van der Waals surface area contributed by atoms with Gasteiger partial charge in [-0.05, 0) is 44.9 Å². The van der Waals surface area contributed by atoms with Crippen molar-refractivity contribution < 1.29 is 85.3 Å². The standard InChI is InChI=1S/C45H70N7O18P3S/c1-4-5-6-7-8-9-10-11-12-13-14-15-16-17-18-19-20-21-22-23-33(53)28-36(55)74-27-26-47-35(54)24-25-48-43(58)40(57)45(2,3)30-67-73(64,65)70-72(62,63)66-29-34-39(69-71(59,60)61)38(56)44(68-34)52-32-51-37-41(46)49-31-50-42(37)52/h8-9,11-12,14-15,17-18,20-21,31-32,34,38-40,44,56-57H,4-7,10,13,16,19,22-30H2,1-3H3,(H,47,54)(H,48,58)(H,62,63)(H,64,65)(H2,46,49,50)(H2,59,60,61)/p-4/b9-8-,12-11-,15-14-,18-17-,21-20-/t34-,38-,39-,40+,44-/m1/s1. The van der Waals surface area contributed by atoms with Gasteiger partial charge in [0.15, 0.2) is 22.8 Å². The van der Waals surface area contributed by atoms with Crippen LogP contribution in [0.15, 0.2) is 73.4 Å². The van der Waals surface area contributed by atoms with Gasteiger partial charge in [-0.15, -0.1) is 0 Å². The molecule has 0 aliphatic carbocycles. The maximum atomic E-state index is 12.7. The highest BCUT2D eigenvalue weighted by Crippen LogP contribution is 2.56. The number of aliphatic hydroxyl groups is 2. The molecule has 1 aliphatic rings. The molecule has 414 valence electrons. The quantitative estimate of drug-likeness (QED) is 0.0283. The van der Waals surface area contributed by atoms with E-state index in [2.05, 4.69) is 99.0 Å². The number of aliphatic hydroxyl groups excluding tert-OH is 2. The van der Waals surface area contributed by atoms with E-state index in [4.69, 9.17) is 10.5 Å². The largest absolute Gasteiger partial charge is 0.790 e. The van der Waals surface area contributed by atoms with Crippen LogP contribution in [0.4, 0.5) is 5.82 Å². The van der Waals surface area contributed by atoms with Gasteiger partial charge in [0.05, 0.1) is 33.8 Å². The Bertz CT molecular complexity index is 2430. The lowest BCUT2D eigenvalue weighted by Gasteiger charge is -2.36. The molecule has 7 atom stereocenters. The zero-order valence-electron chi connectivity index (χ0n) is 41.4. The summed E-state index contributed by atoms with van der Waals surface area (Å²) >= 11 is 0.894. The van der Waals surface area contributed by atoms with Crippen molar-refractivity contribution in [2.45, 2.75) is 128 Å². The molecule has 25 nitrogen and oxygen atoms in total. The number of carbonyl (C=O) groups excluding carboxylic acids is 4. The van der Waals surface area contributed by atoms with Crippen LogP contribution < -0.4 is 35.9 Å². The Morgan fingerprint density at radius 2 is 1.47 bits per heavy atom. The number of ether oxygens (including phenoxy) is 1.